The Bertz CT molecular complexity index is 718. The number of hydrogen-bond donors (Lipinski definition) is 0. The van der Waals surface area contributed by atoms with Gasteiger partial charge in [-0.05, 0) is 35.1 Å². The highest BCUT2D eigenvalue weighted by Crippen LogP contribution is 2.37. The van der Waals surface area contributed by atoms with Crippen LogP contribution in [0.5, 0.6) is 0 Å². The molecule has 26 heavy (non-hydrogen) atoms. The Morgan fingerprint density at radius 2 is 1.50 bits per heavy atom. The fourth-order valence-corrected chi connectivity index (χ4v) is 3.77. The first kappa shape index (κ1) is 17.5. The Balaban J connectivity index is 1.40. The average Bonchev–Trinajstić information content (AvgIpc) is 2.94. The summed E-state index contributed by atoms with van der Waals surface area (Å²) in [5.41, 5.74) is 4.35. The van der Waals surface area contributed by atoms with E-state index < -0.39 is 5.79 Å². The molecule has 1 heterocycles. The highest BCUT2D eigenvalue weighted by molar-refractivity contribution is 5.71. The van der Waals surface area contributed by atoms with Gasteiger partial charge in [0.05, 0.1) is 6.61 Å². The molecule has 2 aromatic carbocycles. The molecule has 2 aromatic rings. The molecule has 1 saturated heterocycles. The molecular formula is C23H26O3. The van der Waals surface area contributed by atoms with Crippen molar-refractivity contribution in [2.45, 2.75) is 50.4 Å². The second-order valence-electron chi connectivity index (χ2n) is 7.27. The van der Waals surface area contributed by atoms with Gasteiger partial charge < -0.3 is 4.74 Å². The molecule has 0 amide bonds. The second-order valence-corrected chi connectivity index (χ2v) is 7.27. The van der Waals surface area contributed by atoms with Gasteiger partial charge in [-0.15, -0.1) is 0 Å². The first-order valence-electron chi connectivity index (χ1n) is 9.59. The molecule has 3 heteroatoms. The Hall–Kier alpha value is -1.94. The third-order valence-corrected chi connectivity index (χ3v) is 5.43. The van der Waals surface area contributed by atoms with Gasteiger partial charge in [-0.1, -0.05) is 74.0 Å². The molecule has 0 N–H and O–H groups in total. The Labute approximate surface area is 155 Å². The van der Waals surface area contributed by atoms with Crippen LogP contribution in [0.4, 0.5) is 0 Å². The summed E-state index contributed by atoms with van der Waals surface area (Å²) in [5.74, 6) is -0.537. The van der Waals surface area contributed by atoms with Crippen molar-refractivity contribution >= 4 is 5.57 Å². The molecule has 0 bridgehead atoms. The van der Waals surface area contributed by atoms with Crippen LogP contribution in [0.25, 0.3) is 16.7 Å². The molecule has 2 fully saturated rings. The maximum atomic E-state index is 6.13. The standard InChI is InChI=1S/C23H26O3/c1-18(19-11-13-21(14-12-19)20-9-5-4-6-10-20)22-17-24-23(26-25-22)15-7-2-3-8-16-23/h4-6,9-14,22H,1-3,7-8,15-17H2. The summed E-state index contributed by atoms with van der Waals surface area (Å²) in [6.45, 7) is 4.72. The summed E-state index contributed by atoms with van der Waals surface area (Å²) in [6, 6.07) is 18.8. The highest BCUT2D eigenvalue weighted by Gasteiger charge is 2.40. The lowest BCUT2D eigenvalue weighted by Crippen LogP contribution is -2.45. The van der Waals surface area contributed by atoms with Crippen molar-refractivity contribution in [3.05, 3.63) is 66.7 Å². The van der Waals surface area contributed by atoms with E-state index in [1.54, 1.807) is 0 Å². The summed E-state index contributed by atoms with van der Waals surface area (Å²) in [4.78, 5) is 11.5. The van der Waals surface area contributed by atoms with E-state index in [-0.39, 0.29) is 6.10 Å². The third kappa shape index (κ3) is 3.75. The minimum absolute atomic E-state index is 0.258. The Kier molecular flexibility index (Phi) is 5.21. The molecule has 1 spiro atoms. The average molecular weight is 350 g/mol. The molecule has 3 nitrogen and oxygen atoms in total. The lowest BCUT2D eigenvalue weighted by atomic mass is 9.98. The number of ether oxygens (including phenoxy) is 1. The molecule has 4 rings (SSSR count). The van der Waals surface area contributed by atoms with Gasteiger partial charge in [0.1, 0.15) is 6.10 Å². The van der Waals surface area contributed by atoms with E-state index in [4.69, 9.17) is 14.5 Å². The van der Waals surface area contributed by atoms with E-state index in [0.717, 1.165) is 36.8 Å². The predicted octanol–water partition coefficient (Wildman–Crippen LogP) is 5.76. The smallest absolute Gasteiger partial charge is 0.201 e. The van der Waals surface area contributed by atoms with Crippen molar-refractivity contribution in [2.24, 2.45) is 0 Å². The minimum Gasteiger partial charge on any atom is -0.344 e. The van der Waals surface area contributed by atoms with Crippen LogP contribution in [-0.2, 0) is 14.5 Å². The van der Waals surface area contributed by atoms with Crippen molar-refractivity contribution in [3.63, 3.8) is 0 Å². The third-order valence-electron chi connectivity index (χ3n) is 5.43. The number of hydrogen-bond acceptors (Lipinski definition) is 3. The van der Waals surface area contributed by atoms with Crippen molar-refractivity contribution < 1.29 is 14.5 Å². The first-order valence-corrected chi connectivity index (χ1v) is 9.59. The number of benzene rings is 2. The fraction of sp³-hybridized carbons (Fsp3) is 0.391. The SMILES string of the molecule is C=C(c1ccc(-c2ccccc2)cc1)C1COC2(CCCCCC2)OO1. The highest BCUT2D eigenvalue weighted by atomic mass is 17.2. The van der Waals surface area contributed by atoms with Gasteiger partial charge in [-0.2, -0.15) is 0 Å². The zero-order chi connectivity index (χ0) is 17.8. The van der Waals surface area contributed by atoms with Gasteiger partial charge >= 0.3 is 0 Å². The zero-order valence-electron chi connectivity index (χ0n) is 15.2. The minimum atomic E-state index is -0.537. The summed E-state index contributed by atoms with van der Waals surface area (Å²) in [7, 11) is 0. The molecule has 0 aromatic heterocycles. The largest absolute Gasteiger partial charge is 0.344 e. The van der Waals surface area contributed by atoms with Crippen LogP contribution in [0.15, 0.2) is 61.2 Å². The molecule has 1 aliphatic heterocycles. The zero-order valence-corrected chi connectivity index (χ0v) is 15.2. The monoisotopic (exact) mass is 350 g/mol. The van der Waals surface area contributed by atoms with E-state index in [9.17, 15) is 0 Å². The Morgan fingerprint density at radius 1 is 0.846 bits per heavy atom. The number of rotatable bonds is 3. The van der Waals surface area contributed by atoms with Crippen LogP contribution >= 0.6 is 0 Å². The predicted molar refractivity (Wildman–Crippen MR) is 103 cm³/mol. The fourth-order valence-electron chi connectivity index (χ4n) is 3.77. The summed E-state index contributed by atoms with van der Waals surface area (Å²) in [5, 5.41) is 0. The van der Waals surface area contributed by atoms with E-state index in [1.807, 2.05) is 6.07 Å². The van der Waals surface area contributed by atoms with Gasteiger partial charge in [0, 0.05) is 12.8 Å². The van der Waals surface area contributed by atoms with Crippen molar-refractivity contribution in [1.29, 1.82) is 0 Å². The van der Waals surface area contributed by atoms with Crippen LogP contribution in [0.1, 0.15) is 44.1 Å². The van der Waals surface area contributed by atoms with Gasteiger partial charge in [0.2, 0.25) is 5.79 Å². The van der Waals surface area contributed by atoms with Crippen LogP contribution in [0, 0.1) is 0 Å². The van der Waals surface area contributed by atoms with E-state index in [1.165, 1.54) is 24.0 Å². The first-order chi connectivity index (χ1) is 12.8. The van der Waals surface area contributed by atoms with Crippen molar-refractivity contribution in [1.82, 2.24) is 0 Å². The van der Waals surface area contributed by atoms with E-state index in [2.05, 4.69) is 55.1 Å². The topological polar surface area (TPSA) is 27.7 Å². The van der Waals surface area contributed by atoms with Gasteiger partial charge in [0.25, 0.3) is 0 Å². The van der Waals surface area contributed by atoms with Crippen LogP contribution in [-0.4, -0.2) is 18.5 Å². The van der Waals surface area contributed by atoms with Crippen molar-refractivity contribution in [2.75, 3.05) is 6.61 Å². The Morgan fingerprint density at radius 3 is 2.12 bits per heavy atom. The normalized spacial score (nSPS) is 22.7. The maximum Gasteiger partial charge on any atom is 0.201 e. The van der Waals surface area contributed by atoms with Gasteiger partial charge in [-0.25, -0.2) is 9.78 Å². The molecule has 1 atom stereocenters. The van der Waals surface area contributed by atoms with Crippen LogP contribution < -0.4 is 0 Å². The van der Waals surface area contributed by atoms with Crippen LogP contribution in [0.3, 0.4) is 0 Å². The molecule has 136 valence electrons. The lowest BCUT2D eigenvalue weighted by molar-refractivity contribution is -0.480. The lowest BCUT2D eigenvalue weighted by Gasteiger charge is -2.38. The molecule has 0 radical (unpaired) electrons. The van der Waals surface area contributed by atoms with Gasteiger partial charge in [0.15, 0.2) is 0 Å². The summed E-state index contributed by atoms with van der Waals surface area (Å²) >= 11 is 0. The quantitative estimate of drug-likeness (QED) is 0.658. The summed E-state index contributed by atoms with van der Waals surface area (Å²) in [6.07, 6.45) is 6.34. The van der Waals surface area contributed by atoms with Crippen molar-refractivity contribution in [3.8, 4) is 11.1 Å². The maximum absolute atomic E-state index is 6.13. The molecule has 2 aliphatic rings. The van der Waals surface area contributed by atoms with Crippen LogP contribution in [0.2, 0.25) is 0 Å². The molecule has 1 unspecified atom stereocenters. The molecule has 1 aliphatic carbocycles. The molecular weight excluding hydrogens is 324 g/mol. The molecule has 1 saturated carbocycles. The van der Waals surface area contributed by atoms with E-state index >= 15 is 0 Å². The van der Waals surface area contributed by atoms with E-state index in [0.29, 0.717) is 6.61 Å². The second kappa shape index (κ2) is 7.75. The summed E-state index contributed by atoms with van der Waals surface area (Å²) < 4.78 is 6.13. The van der Waals surface area contributed by atoms with Gasteiger partial charge in [-0.3, -0.25) is 0 Å².